The SMILES string of the molecule is Cc1ccc(-c2c3c(nc4nc5c(c(N)c24)CCCC5)CCCC3)o1. The topological polar surface area (TPSA) is 64.9 Å². The van der Waals surface area contributed by atoms with Crippen molar-refractivity contribution in [2.45, 2.75) is 58.3 Å². The molecule has 0 bridgehead atoms. The van der Waals surface area contributed by atoms with Crippen molar-refractivity contribution < 1.29 is 4.42 Å². The second-order valence-electron chi connectivity index (χ2n) is 7.39. The fourth-order valence-corrected chi connectivity index (χ4v) is 4.49. The molecule has 25 heavy (non-hydrogen) atoms. The van der Waals surface area contributed by atoms with Crippen molar-refractivity contribution in [1.29, 1.82) is 0 Å². The second-order valence-corrected chi connectivity index (χ2v) is 7.39. The molecule has 4 heteroatoms. The number of nitrogen functional groups attached to an aromatic ring is 1. The van der Waals surface area contributed by atoms with E-state index < -0.39 is 0 Å². The van der Waals surface area contributed by atoms with Crippen LogP contribution in [-0.2, 0) is 25.7 Å². The number of furan rings is 1. The summed E-state index contributed by atoms with van der Waals surface area (Å²) in [6, 6.07) is 4.09. The van der Waals surface area contributed by atoms with Crippen LogP contribution in [0, 0.1) is 6.92 Å². The van der Waals surface area contributed by atoms with Crippen LogP contribution in [0.5, 0.6) is 0 Å². The molecule has 3 aromatic heterocycles. The maximum atomic E-state index is 6.70. The zero-order valence-electron chi connectivity index (χ0n) is 14.7. The van der Waals surface area contributed by atoms with Gasteiger partial charge in [-0.15, -0.1) is 0 Å². The predicted molar refractivity (Wildman–Crippen MR) is 99.7 cm³/mol. The minimum absolute atomic E-state index is 0.808. The fourth-order valence-electron chi connectivity index (χ4n) is 4.49. The van der Waals surface area contributed by atoms with Gasteiger partial charge in [-0.05, 0) is 81.5 Å². The molecule has 5 rings (SSSR count). The molecule has 0 unspecified atom stereocenters. The number of pyridine rings is 2. The van der Waals surface area contributed by atoms with Crippen LogP contribution in [0.2, 0.25) is 0 Å². The van der Waals surface area contributed by atoms with Crippen molar-refractivity contribution in [3.63, 3.8) is 0 Å². The van der Waals surface area contributed by atoms with Crippen LogP contribution in [-0.4, -0.2) is 9.97 Å². The number of anilines is 1. The summed E-state index contributed by atoms with van der Waals surface area (Å²) in [6.45, 7) is 1.99. The van der Waals surface area contributed by atoms with Crippen molar-refractivity contribution >= 4 is 16.7 Å². The number of rotatable bonds is 1. The van der Waals surface area contributed by atoms with Gasteiger partial charge in [0.25, 0.3) is 0 Å². The molecule has 3 aromatic rings. The van der Waals surface area contributed by atoms with Gasteiger partial charge in [-0.1, -0.05) is 0 Å². The van der Waals surface area contributed by atoms with Crippen molar-refractivity contribution in [1.82, 2.24) is 9.97 Å². The fraction of sp³-hybridized carbons (Fsp3) is 0.429. The largest absolute Gasteiger partial charge is 0.461 e. The lowest BCUT2D eigenvalue weighted by atomic mass is 9.87. The molecule has 2 N–H and O–H groups in total. The summed E-state index contributed by atoms with van der Waals surface area (Å²) in [5.74, 6) is 1.83. The van der Waals surface area contributed by atoms with E-state index in [2.05, 4.69) is 6.07 Å². The third kappa shape index (κ3) is 2.27. The smallest absolute Gasteiger partial charge is 0.162 e. The zero-order chi connectivity index (χ0) is 17.0. The molecule has 4 nitrogen and oxygen atoms in total. The van der Waals surface area contributed by atoms with E-state index in [9.17, 15) is 0 Å². The zero-order valence-corrected chi connectivity index (χ0v) is 14.7. The Morgan fingerprint density at radius 3 is 2.20 bits per heavy atom. The van der Waals surface area contributed by atoms with E-state index in [0.717, 1.165) is 65.2 Å². The Bertz CT molecular complexity index is 981. The third-order valence-electron chi connectivity index (χ3n) is 5.72. The molecule has 3 heterocycles. The van der Waals surface area contributed by atoms with E-state index in [0.29, 0.717) is 0 Å². The van der Waals surface area contributed by atoms with Gasteiger partial charge in [0.2, 0.25) is 0 Å². The van der Waals surface area contributed by atoms with E-state index in [1.54, 1.807) is 0 Å². The Morgan fingerprint density at radius 2 is 1.52 bits per heavy atom. The molecule has 2 aliphatic rings. The maximum absolute atomic E-state index is 6.70. The van der Waals surface area contributed by atoms with Gasteiger partial charge in [0.15, 0.2) is 5.65 Å². The van der Waals surface area contributed by atoms with Gasteiger partial charge in [0, 0.05) is 22.6 Å². The summed E-state index contributed by atoms with van der Waals surface area (Å²) in [7, 11) is 0. The van der Waals surface area contributed by atoms with Gasteiger partial charge in [-0.3, -0.25) is 0 Å². The minimum atomic E-state index is 0.808. The molecule has 2 aliphatic carbocycles. The highest BCUT2D eigenvalue weighted by Crippen LogP contribution is 2.41. The standard InChI is InChI=1S/C21H23N3O/c1-12-10-11-17(25-12)18-13-6-2-4-8-15(13)23-21-19(18)20(22)14-7-3-5-9-16(14)24-21/h10-11H,2-9H2,1H3,(H2,22,23,24). The van der Waals surface area contributed by atoms with E-state index in [1.165, 1.54) is 42.5 Å². The maximum Gasteiger partial charge on any atom is 0.162 e. The van der Waals surface area contributed by atoms with Crippen LogP contribution in [0.25, 0.3) is 22.4 Å². The number of nitrogens with zero attached hydrogens (tertiary/aromatic N) is 2. The monoisotopic (exact) mass is 333 g/mol. The van der Waals surface area contributed by atoms with Crippen LogP contribution in [0.4, 0.5) is 5.69 Å². The van der Waals surface area contributed by atoms with Crippen LogP contribution < -0.4 is 5.73 Å². The number of hydrogen-bond acceptors (Lipinski definition) is 4. The Labute approximate surface area is 147 Å². The molecule has 0 fully saturated rings. The van der Waals surface area contributed by atoms with Gasteiger partial charge < -0.3 is 10.2 Å². The van der Waals surface area contributed by atoms with Gasteiger partial charge in [0.1, 0.15) is 11.5 Å². The average Bonchev–Trinajstić information content (AvgIpc) is 3.06. The lowest BCUT2D eigenvalue weighted by Crippen LogP contribution is -2.14. The molecule has 0 radical (unpaired) electrons. The van der Waals surface area contributed by atoms with Crippen molar-refractivity contribution in [2.24, 2.45) is 0 Å². The lowest BCUT2D eigenvalue weighted by Gasteiger charge is -2.23. The summed E-state index contributed by atoms with van der Waals surface area (Å²) in [4.78, 5) is 9.89. The van der Waals surface area contributed by atoms with Crippen LogP contribution in [0.3, 0.4) is 0 Å². The summed E-state index contributed by atoms with van der Waals surface area (Å²) >= 11 is 0. The minimum Gasteiger partial charge on any atom is -0.461 e. The highest BCUT2D eigenvalue weighted by molar-refractivity contribution is 6.03. The number of aromatic nitrogens is 2. The molecule has 0 saturated carbocycles. The number of aryl methyl sites for hydroxylation is 3. The first kappa shape index (κ1) is 14.9. The van der Waals surface area contributed by atoms with E-state index >= 15 is 0 Å². The average molecular weight is 333 g/mol. The Hall–Kier alpha value is -2.36. The third-order valence-corrected chi connectivity index (χ3v) is 5.72. The van der Waals surface area contributed by atoms with Crippen molar-refractivity contribution in [3.8, 4) is 11.3 Å². The summed E-state index contributed by atoms with van der Waals surface area (Å²) < 4.78 is 6.03. The van der Waals surface area contributed by atoms with E-state index in [-0.39, 0.29) is 0 Å². The number of hydrogen-bond donors (Lipinski definition) is 1. The Kier molecular flexibility index (Phi) is 3.34. The van der Waals surface area contributed by atoms with Gasteiger partial charge >= 0.3 is 0 Å². The van der Waals surface area contributed by atoms with Crippen LogP contribution >= 0.6 is 0 Å². The lowest BCUT2D eigenvalue weighted by molar-refractivity contribution is 0.547. The highest BCUT2D eigenvalue weighted by Gasteiger charge is 2.26. The molecule has 0 aliphatic heterocycles. The first-order valence-electron chi connectivity index (χ1n) is 9.42. The molecule has 128 valence electrons. The van der Waals surface area contributed by atoms with E-state index in [4.69, 9.17) is 20.1 Å². The molecule has 0 aromatic carbocycles. The molecular formula is C21H23N3O. The van der Waals surface area contributed by atoms with Crippen molar-refractivity contribution in [3.05, 3.63) is 40.4 Å². The Morgan fingerprint density at radius 1 is 0.880 bits per heavy atom. The number of fused-ring (bicyclic) bond motifs is 3. The molecule has 0 saturated heterocycles. The van der Waals surface area contributed by atoms with Gasteiger partial charge in [-0.25, -0.2) is 9.97 Å². The molecule has 0 spiro atoms. The predicted octanol–water partition coefficient (Wildman–Crippen LogP) is 4.54. The number of nitrogens with two attached hydrogens (primary N) is 1. The van der Waals surface area contributed by atoms with Gasteiger partial charge in [-0.2, -0.15) is 0 Å². The highest BCUT2D eigenvalue weighted by atomic mass is 16.3. The quantitative estimate of drug-likeness (QED) is 0.710. The second kappa shape index (κ2) is 5.58. The first-order chi connectivity index (χ1) is 12.2. The first-order valence-corrected chi connectivity index (χ1v) is 9.42. The van der Waals surface area contributed by atoms with E-state index in [1.807, 2.05) is 13.0 Å². The molecule has 0 amide bonds. The summed E-state index contributed by atoms with van der Waals surface area (Å²) in [5, 5.41) is 1.01. The summed E-state index contributed by atoms with van der Waals surface area (Å²) in [5.41, 5.74) is 14.4. The van der Waals surface area contributed by atoms with Crippen LogP contribution in [0.15, 0.2) is 16.5 Å². The molecule has 0 atom stereocenters. The summed E-state index contributed by atoms with van der Waals surface area (Å²) in [6.07, 6.45) is 8.90. The van der Waals surface area contributed by atoms with Gasteiger partial charge in [0.05, 0.1) is 5.39 Å². The molecular weight excluding hydrogens is 310 g/mol. The van der Waals surface area contributed by atoms with Crippen molar-refractivity contribution in [2.75, 3.05) is 5.73 Å². The Balaban J connectivity index is 1.90. The normalized spacial score (nSPS) is 16.7. The van der Waals surface area contributed by atoms with Crippen LogP contribution in [0.1, 0.15) is 54.0 Å².